The van der Waals surface area contributed by atoms with Gasteiger partial charge in [-0.15, -0.1) is 0 Å². The zero-order valence-corrected chi connectivity index (χ0v) is 11.6. The maximum absolute atomic E-state index is 12.2. The molecule has 6 nitrogen and oxygen atoms in total. The third kappa shape index (κ3) is 2.80. The summed E-state index contributed by atoms with van der Waals surface area (Å²) in [6.45, 7) is 3.81. The van der Waals surface area contributed by atoms with Crippen LogP contribution in [0.3, 0.4) is 0 Å². The molecule has 0 spiro atoms. The average Bonchev–Trinajstić information content (AvgIpc) is 2.82. The van der Waals surface area contributed by atoms with Crippen LogP contribution < -0.4 is 5.73 Å². The number of rotatable bonds is 3. The smallest absolute Gasteiger partial charge is 0.308 e. The summed E-state index contributed by atoms with van der Waals surface area (Å²) in [6.07, 6.45) is 3.29. The number of hydrogen-bond acceptors (Lipinski definition) is 4. The van der Waals surface area contributed by atoms with Crippen LogP contribution in [0.1, 0.15) is 25.3 Å². The topological polar surface area (TPSA) is 96.5 Å². The number of likely N-dealkylation sites (tertiary alicyclic amines) is 1. The van der Waals surface area contributed by atoms with E-state index in [1.54, 1.807) is 32.3 Å². The standard InChI is InChI=1S/C14H19N3O3/c1-14(2,15)13(20)17-7-10(11(8-17)12(18)19)9-4-3-5-16-6-9/h3-6,10-11H,7-8,15H2,1-2H3,(H,18,19)/t10-,11+/m1/s1. The summed E-state index contributed by atoms with van der Waals surface area (Å²) in [6, 6.07) is 3.61. The number of hydrogen-bond donors (Lipinski definition) is 2. The highest BCUT2D eigenvalue weighted by molar-refractivity contribution is 5.86. The van der Waals surface area contributed by atoms with Crippen molar-refractivity contribution in [1.29, 1.82) is 0 Å². The highest BCUT2D eigenvalue weighted by Gasteiger charge is 2.42. The number of nitrogens with two attached hydrogens (primary N) is 1. The minimum atomic E-state index is -0.993. The quantitative estimate of drug-likeness (QED) is 0.836. The first-order valence-corrected chi connectivity index (χ1v) is 6.51. The molecule has 3 N–H and O–H groups in total. The molecule has 0 aromatic carbocycles. The van der Waals surface area contributed by atoms with Crippen LogP contribution in [0.4, 0.5) is 0 Å². The minimum absolute atomic E-state index is 0.189. The van der Waals surface area contributed by atoms with Gasteiger partial charge in [-0.25, -0.2) is 0 Å². The van der Waals surface area contributed by atoms with E-state index >= 15 is 0 Å². The molecule has 0 radical (unpaired) electrons. The third-order valence-electron chi connectivity index (χ3n) is 3.59. The van der Waals surface area contributed by atoms with Crippen molar-refractivity contribution in [1.82, 2.24) is 9.88 Å². The number of carboxylic acids is 1. The van der Waals surface area contributed by atoms with Gasteiger partial charge in [0.2, 0.25) is 5.91 Å². The third-order valence-corrected chi connectivity index (χ3v) is 3.59. The van der Waals surface area contributed by atoms with Crippen molar-refractivity contribution in [3.8, 4) is 0 Å². The number of carbonyl (C=O) groups excluding carboxylic acids is 1. The molecule has 108 valence electrons. The number of amides is 1. The molecule has 1 aliphatic heterocycles. The number of carbonyl (C=O) groups is 2. The fraction of sp³-hybridized carbons (Fsp3) is 0.500. The highest BCUT2D eigenvalue weighted by atomic mass is 16.4. The lowest BCUT2D eigenvalue weighted by molar-refractivity contribution is -0.142. The van der Waals surface area contributed by atoms with Gasteiger partial charge in [-0.05, 0) is 25.5 Å². The summed E-state index contributed by atoms with van der Waals surface area (Å²) in [7, 11) is 0. The Morgan fingerprint density at radius 1 is 1.45 bits per heavy atom. The summed E-state index contributed by atoms with van der Waals surface area (Å²) < 4.78 is 0. The molecular weight excluding hydrogens is 258 g/mol. The molecule has 2 rings (SSSR count). The summed E-state index contributed by atoms with van der Waals surface area (Å²) in [5.74, 6) is -1.99. The SMILES string of the molecule is CC(C)(N)C(=O)N1C[C@H](C(=O)O)[C@@H](c2cccnc2)C1. The summed E-state index contributed by atoms with van der Waals surface area (Å²) >= 11 is 0. The maximum Gasteiger partial charge on any atom is 0.308 e. The van der Waals surface area contributed by atoms with E-state index in [0.717, 1.165) is 5.56 Å². The first-order valence-electron chi connectivity index (χ1n) is 6.51. The van der Waals surface area contributed by atoms with E-state index in [9.17, 15) is 14.7 Å². The molecule has 2 atom stereocenters. The second kappa shape index (κ2) is 5.20. The number of carboxylic acid groups (broad SMARTS) is 1. The van der Waals surface area contributed by atoms with E-state index < -0.39 is 17.4 Å². The van der Waals surface area contributed by atoms with E-state index in [-0.39, 0.29) is 18.4 Å². The number of pyridine rings is 1. The molecule has 6 heteroatoms. The van der Waals surface area contributed by atoms with Gasteiger partial charge in [0.1, 0.15) is 0 Å². The second-order valence-electron chi connectivity index (χ2n) is 5.77. The van der Waals surface area contributed by atoms with Crippen molar-refractivity contribution in [2.75, 3.05) is 13.1 Å². The van der Waals surface area contributed by atoms with E-state index in [4.69, 9.17) is 5.73 Å². The maximum atomic E-state index is 12.2. The second-order valence-corrected chi connectivity index (χ2v) is 5.77. The van der Waals surface area contributed by atoms with Gasteiger partial charge in [-0.2, -0.15) is 0 Å². The van der Waals surface area contributed by atoms with Crippen LogP contribution in [0, 0.1) is 5.92 Å². The van der Waals surface area contributed by atoms with E-state index in [2.05, 4.69) is 4.98 Å². The van der Waals surface area contributed by atoms with E-state index in [1.807, 2.05) is 6.07 Å². The molecule has 0 aliphatic carbocycles. The fourth-order valence-corrected chi connectivity index (χ4v) is 2.56. The van der Waals surface area contributed by atoms with Crippen molar-refractivity contribution < 1.29 is 14.7 Å². The Morgan fingerprint density at radius 2 is 2.15 bits per heavy atom. The molecule has 0 unspecified atom stereocenters. The van der Waals surface area contributed by atoms with Crippen molar-refractivity contribution in [2.24, 2.45) is 11.7 Å². The number of aromatic nitrogens is 1. The molecule has 0 bridgehead atoms. The van der Waals surface area contributed by atoms with Crippen LogP contribution in [0.2, 0.25) is 0 Å². The van der Waals surface area contributed by atoms with Crippen LogP contribution in [-0.4, -0.2) is 45.5 Å². The average molecular weight is 277 g/mol. The zero-order valence-electron chi connectivity index (χ0n) is 11.6. The monoisotopic (exact) mass is 277 g/mol. The van der Waals surface area contributed by atoms with Gasteiger partial charge >= 0.3 is 5.97 Å². The lowest BCUT2D eigenvalue weighted by Crippen LogP contribution is -2.50. The molecular formula is C14H19N3O3. The lowest BCUT2D eigenvalue weighted by atomic mass is 9.90. The van der Waals surface area contributed by atoms with Crippen LogP contribution in [-0.2, 0) is 9.59 Å². The summed E-state index contributed by atoms with van der Waals surface area (Å²) in [4.78, 5) is 29.2. The van der Waals surface area contributed by atoms with Crippen molar-refractivity contribution in [3.05, 3.63) is 30.1 Å². The van der Waals surface area contributed by atoms with Gasteiger partial charge in [-0.3, -0.25) is 14.6 Å². The predicted octanol–water partition coefficient (Wildman–Crippen LogP) is 0.446. The van der Waals surface area contributed by atoms with E-state index in [0.29, 0.717) is 6.54 Å². The van der Waals surface area contributed by atoms with E-state index in [1.165, 1.54) is 4.90 Å². The first-order chi connectivity index (χ1) is 9.30. The Kier molecular flexibility index (Phi) is 3.76. The van der Waals surface area contributed by atoms with Gasteiger partial charge in [-0.1, -0.05) is 6.07 Å². The van der Waals surface area contributed by atoms with Crippen molar-refractivity contribution >= 4 is 11.9 Å². The molecule has 1 fully saturated rings. The molecule has 0 saturated carbocycles. The molecule has 1 aromatic heterocycles. The van der Waals surface area contributed by atoms with Gasteiger partial charge in [0.25, 0.3) is 0 Å². The molecule has 1 saturated heterocycles. The van der Waals surface area contributed by atoms with Crippen LogP contribution in [0.15, 0.2) is 24.5 Å². The highest BCUT2D eigenvalue weighted by Crippen LogP contribution is 2.33. The number of aliphatic carboxylic acids is 1. The fourth-order valence-electron chi connectivity index (χ4n) is 2.56. The minimum Gasteiger partial charge on any atom is -0.481 e. The first kappa shape index (κ1) is 14.5. The lowest BCUT2D eigenvalue weighted by Gasteiger charge is -2.25. The molecule has 1 aliphatic rings. The summed E-state index contributed by atoms with van der Waals surface area (Å²) in [5, 5.41) is 9.36. The largest absolute Gasteiger partial charge is 0.481 e. The van der Waals surface area contributed by atoms with Crippen LogP contribution in [0.25, 0.3) is 0 Å². The number of nitrogens with zero attached hydrogens (tertiary/aromatic N) is 2. The van der Waals surface area contributed by atoms with Gasteiger partial charge < -0.3 is 15.7 Å². The van der Waals surface area contributed by atoms with Gasteiger partial charge in [0.05, 0.1) is 11.5 Å². The van der Waals surface area contributed by atoms with Gasteiger partial charge in [0, 0.05) is 31.4 Å². The molecule has 2 heterocycles. The molecule has 1 aromatic rings. The zero-order chi connectivity index (χ0) is 14.9. The van der Waals surface area contributed by atoms with Crippen LogP contribution in [0.5, 0.6) is 0 Å². The summed E-state index contributed by atoms with van der Waals surface area (Å²) in [5.41, 5.74) is 5.66. The molecule has 1 amide bonds. The Morgan fingerprint density at radius 3 is 2.65 bits per heavy atom. The van der Waals surface area contributed by atoms with Crippen molar-refractivity contribution in [2.45, 2.75) is 25.3 Å². The predicted molar refractivity (Wildman–Crippen MR) is 73.0 cm³/mol. The van der Waals surface area contributed by atoms with Gasteiger partial charge in [0.15, 0.2) is 0 Å². The van der Waals surface area contributed by atoms with Crippen molar-refractivity contribution in [3.63, 3.8) is 0 Å². The normalized spacial score (nSPS) is 22.9. The Bertz CT molecular complexity index is 510. The molecule has 20 heavy (non-hydrogen) atoms. The Labute approximate surface area is 117 Å². The Hall–Kier alpha value is -1.95. The van der Waals surface area contributed by atoms with Crippen LogP contribution >= 0.6 is 0 Å². The Balaban J connectivity index is 2.25.